The Balaban J connectivity index is -0.0000000206. The van der Waals surface area contributed by atoms with Gasteiger partial charge in [-0.25, -0.2) is 55.9 Å². The van der Waals surface area contributed by atoms with Crippen LogP contribution in [0.5, 0.6) is 0 Å². The molecule has 19 heavy (non-hydrogen) atoms. The van der Waals surface area contributed by atoms with Gasteiger partial charge in [-0.1, -0.05) is 0 Å². The third-order valence-corrected chi connectivity index (χ3v) is 0. The zero-order valence-corrected chi connectivity index (χ0v) is 11.5. The topological polar surface area (TPSA) is 371 Å². The van der Waals surface area contributed by atoms with Gasteiger partial charge in [-0.05, 0) is 0 Å². The monoisotopic (exact) mass is 378 g/mol. The fraction of sp³-hybridized carbons (Fsp3) is 0. The first-order valence-electron chi connectivity index (χ1n) is 1.85. The molecule has 0 radical (unpaired) electrons. The predicted octanol–water partition coefficient (Wildman–Crippen LogP) is -17.1. The first kappa shape index (κ1) is 42.7. The van der Waals surface area contributed by atoms with Crippen LogP contribution in [0, 0.1) is 30.7 Å². The van der Waals surface area contributed by atoms with Gasteiger partial charge < -0.3 is 16.4 Å². The molecule has 0 aliphatic rings. The first-order chi connectivity index (χ1) is 6.00. The van der Waals surface area contributed by atoms with Crippen LogP contribution < -0.4 is 55.9 Å². The Kier molecular flexibility index (Phi) is 37.9. The van der Waals surface area contributed by atoms with E-state index in [4.69, 9.17) is 55.9 Å². The number of hydrogen-bond acceptors (Lipinski definition) is 12. The quantitative estimate of drug-likeness (QED) is 0.353. The maximum absolute atomic E-state index is 8.49. The zero-order valence-electron chi connectivity index (χ0n) is 8.11. The van der Waals surface area contributed by atoms with Crippen LogP contribution in [0.2, 0.25) is 0 Å². The largest absolute Gasteiger partial charge is 3.00 e. The number of halogens is 3. The molecule has 0 aliphatic carbocycles. The van der Waals surface area contributed by atoms with Crippen molar-refractivity contribution in [3.8, 4) is 0 Å². The van der Waals surface area contributed by atoms with Crippen molar-refractivity contribution in [3.05, 3.63) is 0 Å². The molecule has 6 N–H and O–H groups in total. The number of rotatable bonds is 0. The minimum atomic E-state index is -4.94. The molecular weight excluding hydrogens is 373 g/mol. The van der Waals surface area contributed by atoms with E-state index in [0.717, 1.165) is 0 Å². The molecule has 0 atom stereocenters. The van der Waals surface area contributed by atoms with Crippen LogP contribution in [0.1, 0.15) is 0 Å². The molecule has 0 spiro atoms. The van der Waals surface area contributed by atoms with Crippen LogP contribution in [0.15, 0.2) is 0 Å². The summed E-state index contributed by atoms with van der Waals surface area (Å²) in [6, 6.07) is 0. The van der Waals surface area contributed by atoms with E-state index in [1.54, 1.807) is 0 Å². The van der Waals surface area contributed by atoms with E-state index >= 15 is 0 Å². The molecule has 19 heteroatoms. The minimum Gasteiger partial charge on any atom is -0.412 e. The van der Waals surface area contributed by atoms with E-state index in [9.17, 15) is 0 Å². The van der Waals surface area contributed by atoms with Gasteiger partial charge >= 0.3 is 17.4 Å². The molecule has 0 aromatic carbocycles. The van der Waals surface area contributed by atoms with Gasteiger partial charge in [-0.15, -0.1) is 30.7 Å². The van der Waals surface area contributed by atoms with Crippen molar-refractivity contribution in [3.63, 3.8) is 0 Å². The maximum Gasteiger partial charge on any atom is 3.00 e. The second-order valence-electron chi connectivity index (χ2n) is 1.13. The summed E-state index contributed by atoms with van der Waals surface area (Å²) in [6.07, 6.45) is 0. The summed E-state index contributed by atoms with van der Waals surface area (Å²) in [4.78, 5) is 0. The molecule has 0 unspecified atom stereocenters. The van der Waals surface area contributed by atoms with Gasteiger partial charge in [0.15, 0.2) is 0 Å². The molecule has 120 valence electrons. The fourth-order valence-corrected chi connectivity index (χ4v) is 0. The second kappa shape index (κ2) is 16.9. The van der Waals surface area contributed by atoms with Gasteiger partial charge in [-0.3, -0.25) is 0 Å². The zero-order chi connectivity index (χ0) is 13.5. The Morgan fingerprint density at radius 2 is 0.316 bits per heavy atom. The summed E-state index contributed by atoms with van der Waals surface area (Å²) in [5, 5.41) is 0. The molecular formula is H6AlCl3O15. The Bertz CT molecular complexity index is 92.4. The third kappa shape index (κ3) is 8240. The van der Waals surface area contributed by atoms with Crippen LogP contribution in [-0.4, -0.2) is 33.8 Å². The Labute approximate surface area is 121 Å². The normalized spacial score (nSPS) is 9.47. The van der Waals surface area contributed by atoms with Crippen LogP contribution in [0.25, 0.3) is 0 Å². The molecule has 0 aromatic rings. The Morgan fingerprint density at radius 3 is 0.316 bits per heavy atom. The molecule has 0 aliphatic heterocycles. The molecule has 0 bridgehead atoms. The smallest absolute Gasteiger partial charge is 0.412 e. The molecule has 0 saturated carbocycles. The van der Waals surface area contributed by atoms with Crippen molar-refractivity contribution in [2.45, 2.75) is 0 Å². The second-order valence-corrected chi connectivity index (χ2v) is 3.40. The van der Waals surface area contributed by atoms with Gasteiger partial charge in [0, 0.05) is 0 Å². The van der Waals surface area contributed by atoms with E-state index in [0.29, 0.717) is 0 Å². The van der Waals surface area contributed by atoms with E-state index in [1.165, 1.54) is 0 Å². The average molecular weight is 379 g/mol. The van der Waals surface area contributed by atoms with Crippen LogP contribution in [0.4, 0.5) is 0 Å². The van der Waals surface area contributed by atoms with Crippen molar-refractivity contribution < 1.29 is 103 Å². The number of hydrogen-bond donors (Lipinski definition) is 0. The van der Waals surface area contributed by atoms with Gasteiger partial charge in [0.2, 0.25) is 0 Å². The van der Waals surface area contributed by atoms with Crippen LogP contribution >= 0.6 is 0 Å². The molecule has 0 amide bonds. The summed E-state index contributed by atoms with van der Waals surface area (Å²) in [6.45, 7) is 0. The molecule has 0 heterocycles. The predicted molar refractivity (Wildman–Crippen MR) is 16.6 cm³/mol. The summed E-state index contributed by atoms with van der Waals surface area (Å²) < 4.78 is 102. The Hall–Kier alpha value is 0.802. The van der Waals surface area contributed by atoms with E-state index in [2.05, 4.69) is 0 Å². The van der Waals surface area contributed by atoms with Crippen molar-refractivity contribution in [2.24, 2.45) is 0 Å². The van der Waals surface area contributed by atoms with Crippen LogP contribution in [0.3, 0.4) is 0 Å². The van der Waals surface area contributed by atoms with Crippen molar-refractivity contribution in [1.29, 1.82) is 0 Å². The van der Waals surface area contributed by atoms with Crippen molar-refractivity contribution in [2.75, 3.05) is 0 Å². The van der Waals surface area contributed by atoms with E-state index in [-0.39, 0.29) is 33.8 Å². The summed E-state index contributed by atoms with van der Waals surface area (Å²) >= 11 is 0. The fourth-order valence-electron chi connectivity index (χ4n) is 0. The van der Waals surface area contributed by atoms with Gasteiger partial charge in [0.1, 0.15) is 0 Å². The minimum absolute atomic E-state index is 0. The third-order valence-electron chi connectivity index (χ3n) is 0. The summed E-state index contributed by atoms with van der Waals surface area (Å²) in [7, 11) is -14.8. The molecule has 15 nitrogen and oxygen atoms in total. The van der Waals surface area contributed by atoms with Gasteiger partial charge in [-0.2, -0.15) is 0 Å². The molecule has 0 saturated heterocycles. The van der Waals surface area contributed by atoms with Crippen molar-refractivity contribution >= 4 is 17.4 Å². The SMILES string of the molecule is O.O.O.[Al+3].[O-][Cl+3]([O-])([O-])[O-].[O-][Cl+3]([O-])([O-])[O-].[O-][Cl+3]([O-])([O-])[O-]. The Morgan fingerprint density at radius 1 is 0.316 bits per heavy atom. The van der Waals surface area contributed by atoms with E-state index < -0.39 is 30.7 Å². The standard InChI is InChI=1S/Al.3ClHO4.3H2O/c;3*2-1(3,4)5;;;/h;3*(H,2,3,4,5);3*1H2/q+3;;;;;;/p-3. The molecule has 0 rings (SSSR count). The van der Waals surface area contributed by atoms with Crippen molar-refractivity contribution in [1.82, 2.24) is 0 Å². The first-order valence-corrected chi connectivity index (χ1v) is 5.55. The van der Waals surface area contributed by atoms with E-state index in [1.807, 2.05) is 0 Å². The average Bonchev–Trinajstić information content (AvgIpc) is 1.41. The summed E-state index contributed by atoms with van der Waals surface area (Å²) in [5.41, 5.74) is 0. The summed E-state index contributed by atoms with van der Waals surface area (Å²) in [5.74, 6) is 0. The molecule has 0 fully saturated rings. The van der Waals surface area contributed by atoms with Crippen LogP contribution in [-0.2, 0) is 0 Å². The maximum atomic E-state index is 8.49. The molecule has 0 aromatic heterocycles. The van der Waals surface area contributed by atoms with Gasteiger partial charge in [0.25, 0.3) is 0 Å². The van der Waals surface area contributed by atoms with Gasteiger partial charge in [0.05, 0.1) is 0 Å².